The average Bonchev–Trinajstić information content (AvgIpc) is 3.04. The number of fused-ring (bicyclic) bond motifs is 2. The van der Waals surface area contributed by atoms with E-state index in [2.05, 4.69) is 16.7 Å². The van der Waals surface area contributed by atoms with Gasteiger partial charge in [-0.1, -0.05) is 17.7 Å². The number of halogens is 1. The Labute approximate surface area is 207 Å². The summed E-state index contributed by atoms with van der Waals surface area (Å²) in [5.74, 6) is 2.49. The van der Waals surface area contributed by atoms with Crippen molar-refractivity contribution in [3.05, 3.63) is 34.3 Å². The van der Waals surface area contributed by atoms with Crippen LogP contribution >= 0.6 is 11.6 Å². The topological polar surface area (TPSA) is 67.4 Å². The summed E-state index contributed by atoms with van der Waals surface area (Å²) < 4.78 is 5.36. The number of nitrogens with one attached hydrogen (secondary N) is 2. The van der Waals surface area contributed by atoms with Crippen LogP contribution in [-0.4, -0.2) is 37.6 Å². The van der Waals surface area contributed by atoms with E-state index in [4.69, 9.17) is 16.3 Å². The van der Waals surface area contributed by atoms with Crippen LogP contribution in [0.4, 0.5) is 0 Å². The molecular weight excluding hydrogens is 448 g/mol. The molecule has 34 heavy (non-hydrogen) atoms. The van der Waals surface area contributed by atoms with Crippen molar-refractivity contribution in [2.75, 3.05) is 19.7 Å². The number of ether oxygens (including phenoxy) is 1. The van der Waals surface area contributed by atoms with Crippen LogP contribution in [0.2, 0.25) is 5.02 Å². The number of hydrogen-bond acceptors (Lipinski definition) is 4. The second kappa shape index (κ2) is 8.81. The fourth-order valence-electron chi connectivity index (χ4n) is 8.96. The average molecular weight is 485 g/mol. The van der Waals surface area contributed by atoms with Crippen LogP contribution < -0.4 is 10.6 Å². The van der Waals surface area contributed by atoms with Gasteiger partial charge in [0.15, 0.2) is 0 Å². The van der Waals surface area contributed by atoms with Crippen molar-refractivity contribution >= 4 is 23.5 Å². The van der Waals surface area contributed by atoms with Gasteiger partial charge in [0.2, 0.25) is 5.91 Å². The predicted molar refractivity (Wildman–Crippen MR) is 132 cm³/mol. The number of carbonyl (C=O) groups is 2. The van der Waals surface area contributed by atoms with Gasteiger partial charge in [-0.15, -0.1) is 0 Å². The first-order chi connectivity index (χ1) is 16.5. The monoisotopic (exact) mass is 484 g/mol. The van der Waals surface area contributed by atoms with E-state index in [0.29, 0.717) is 29.5 Å². The Kier molecular flexibility index (Phi) is 5.92. The minimum atomic E-state index is -0.260. The number of piperidine rings is 1. The van der Waals surface area contributed by atoms with Crippen molar-refractivity contribution in [2.24, 2.45) is 29.6 Å². The highest BCUT2D eigenvalue weighted by atomic mass is 35.5. The SMILES string of the molecule is CCOC(=O)CC1c2cc(Cl)ccc2C2(CCNCC2)C1C(=O)NC1C2CC3CC(C2)CC1C3. The molecule has 1 saturated heterocycles. The molecule has 2 unspecified atom stereocenters. The molecule has 184 valence electrons. The molecule has 0 aromatic heterocycles. The van der Waals surface area contributed by atoms with Crippen LogP contribution in [0, 0.1) is 29.6 Å². The van der Waals surface area contributed by atoms with Gasteiger partial charge in [-0.3, -0.25) is 9.59 Å². The lowest BCUT2D eigenvalue weighted by molar-refractivity contribution is -0.144. The number of carbonyl (C=O) groups excluding carboxylic acids is 2. The Morgan fingerprint density at radius 3 is 2.41 bits per heavy atom. The summed E-state index contributed by atoms with van der Waals surface area (Å²) in [6.45, 7) is 3.96. The van der Waals surface area contributed by atoms with E-state index in [1.807, 2.05) is 19.1 Å². The van der Waals surface area contributed by atoms with Crippen molar-refractivity contribution < 1.29 is 14.3 Å². The Bertz CT molecular complexity index is 944. The molecule has 5 aliphatic carbocycles. The van der Waals surface area contributed by atoms with Gasteiger partial charge in [-0.05, 0) is 112 Å². The minimum absolute atomic E-state index is 0.154. The fourth-order valence-corrected chi connectivity index (χ4v) is 9.14. The smallest absolute Gasteiger partial charge is 0.306 e. The third-order valence-corrected chi connectivity index (χ3v) is 10.2. The van der Waals surface area contributed by atoms with Gasteiger partial charge < -0.3 is 15.4 Å². The summed E-state index contributed by atoms with van der Waals surface area (Å²) in [5, 5.41) is 7.77. The standard InChI is InChI=1S/C28H37ClN2O3/c1-2-34-24(32)15-22-21-14-20(29)3-4-23(21)28(5-7-30-8-6-28)25(22)27(33)31-26-18-10-16-9-17(12-18)13-19(26)11-16/h3-4,14,16-19,22,25-26,30H,2,5-13,15H2,1H3,(H,31,33). The molecular formula is C28H37ClN2O3. The summed E-state index contributed by atoms with van der Waals surface area (Å²) in [4.78, 5) is 27.0. The zero-order chi connectivity index (χ0) is 23.4. The van der Waals surface area contributed by atoms with Crippen molar-refractivity contribution in [2.45, 2.75) is 75.7 Å². The molecule has 4 bridgehead atoms. The van der Waals surface area contributed by atoms with Gasteiger partial charge in [0.05, 0.1) is 18.9 Å². The zero-order valence-corrected chi connectivity index (χ0v) is 20.9. The minimum Gasteiger partial charge on any atom is -0.466 e. The van der Waals surface area contributed by atoms with Gasteiger partial charge >= 0.3 is 5.97 Å². The number of amides is 1. The Morgan fingerprint density at radius 1 is 1.09 bits per heavy atom. The van der Waals surface area contributed by atoms with Crippen molar-refractivity contribution in [1.29, 1.82) is 0 Å². The molecule has 1 heterocycles. The first-order valence-electron chi connectivity index (χ1n) is 13.4. The van der Waals surface area contributed by atoms with Crippen molar-refractivity contribution in [3.63, 3.8) is 0 Å². The van der Waals surface area contributed by atoms with Crippen LogP contribution in [-0.2, 0) is 19.7 Å². The van der Waals surface area contributed by atoms with Gasteiger partial charge in [-0.25, -0.2) is 0 Å². The number of esters is 1. The van der Waals surface area contributed by atoms with Gasteiger partial charge in [0.1, 0.15) is 0 Å². The van der Waals surface area contributed by atoms with E-state index >= 15 is 0 Å². The van der Waals surface area contributed by atoms with Crippen LogP contribution in [0.3, 0.4) is 0 Å². The molecule has 1 aromatic carbocycles. The molecule has 1 aliphatic heterocycles. The molecule has 1 spiro atoms. The van der Waals surface area contributed by atoms with Crippen LogP contribution in [0.5, 0.6) is 0 Å². The molecule has 1 amide bonds. The van der Waals surface area contributed by atoms with Gasteiger partial charge in [0, 0.05) is 22.4 Å². The highest BCUT2D eigenvalue weighted by Gasteiger charge is 2.57. The number of rotatable bonds is 5. The Hall–Kier alpha value is -1.59. The quantitative estimate of drug-likeness (QED) is 0.601. The maximum Gasteiger partial charge on any atom is 0.306 e. The zero-order valence-electron chi connectivity index (χ0n) is 20.2. The molecule has 6 aliphatic rings. The van der Waals surface area contributed by atoms with E-state index in [1.165, 1.54) is 37.7 Å². The molecule has 2 N–H and O–H groups in total. The normalized spacial score (nSPS) is 36.9. The summed E-state index contributed by atoms with van der Waals surface area (Å²) in [6, 6.07) is 6.37. The largest absolute Gasteiger partial charge is 0.466 e. The van der Waals surface area contributed by atoms with Crippen LogP contribution in [0.25, 0.3) is 0 Å². The van der Waals surface area contributed by atoms with Gasteiger partial charge in [0.25, 0.3) is 0 Å². The first-order valence-corrected chi connectivity index (χ1v) is 13.8. The maximum absolute atomic E-state index is 14.3. The predicted octanol–water partition coefficient (Wildman–Crippen LogP) is 4.57. The van der Waals surface area contributed by atoms with Crippen molar-refractivity contribution in [3.8, 4) is 0 Å². The third kappa shape index (κ3) is 3.69. The summed E-state index contributed by atoms with van der Waals surface area (Å²) in [7, 11) is 0. The second-order valence-corrected chi connectivity index (χ2v) is 12.1. The summed E-state index contributed by atoms with van der Waals surface area (Å²) in [5.41, 5.74) is 2.05. The summed E-state index contributed by atoms with van der Waals surface area (Å²) >= 11 is 6.45. The van der Waals surface area contributed by atoms with E-state index in [-0.39, 0.29) is 35.5 Å². The van der Waals surface area contributed by atoms with E-state index in [0.717, 1.165) is 43.3 Å². The lowest BCUT2D eigenvalue weighted by atomic mass is 9.54. The van der Waals surface area contributed by atoms with Crippen LogP contribution in [0.1, 0.15) is 75.3 Å². The molecule has 4 saturated carbocycles. The lowest BCUT2D eigenvalue weighted by Gasteiger charge is -2.55. The van der Waals surface area contributed by atoms with E-state index in [9.17, 15) is 9.59 Å². The molecule has 5 fully saturated rings. The summed E-state index contributed by atoms with van der Waals surface area (Å²) in [6.07, 6.45) is 8.56. The highest BCUT2D eigenvalue weighted by Crippen LogP contribution is 2.58. The van der Waals surface area contributed by atoms with Crippen LogP contribution in [0.15, 0.2) is 18.2 Å². The van der Waals surface area contributed by atoms with E-state index < -0.39 is 0 Å². The highest BCUT2D eigenvalue weighted by molar-refractivity contribution is 6.30. The first kappa shape index (κ1) is 22.8. The molecule has 6 heteroatoms. The Morgan fingerprint density at radius 2 is 1.76 bits per heavy atom. The maximum atomic E-state index is 14.3. The second-order valence-electron chi connectivity index (χ2n) is 11.7. The number of benzene rings is 1. The number of hydrogen-bond donors (Lipinski definition) is 2. The van der Waals surface area contributed by atoms with Gasteiger partial charge in [-0.2, -0.15) is 0 Å². The van der Waals surface area contributed by atoms with Crippen molar-refractivity contribution in [1.82, 2.24) is 10.6 Å². The lowest BCUT2D eigenvalue weighted by Crippen LogP contribution is -2.58. The third-order valence-electron chi connectivity index (χ3n) is 9.95. The Balaban J connectivity index is 1.35. The molecule has 5 nitrogen and oxygen atoms in total. The molecule has 2 atom stereocenters. The fraction of sp³-hybridized carbons (Fsp3) is 0.714. The van der Waals surface area contributed by atoms with E-state index in [1.54, 1.807) is 0 Å². The molecule has 7 rings (SSSR count). The molecule has 0 radical (unpaired) electrons. The molecule has 1 aromatic rings.